The highest BCUT2D eigenvalue weighted by molar-refractivity contribution is 5.94. The molecule has 5 rings (SSSR count). The van der Waals surface area contributed by atoms with Gasteiger partial charge in [0.2, 0.25) is 0 Å². The third-order valence-corrected chi connectivity index (χ3v) is 6.42. The van der Waals surface area contributed by atoms with E-state index in [0.29, 0.717) is 54.5 Å². The van der Waals surface area contributed by atoms with Crippen molar-refractivity contribution in [2.24, 2.45) is 0 Å². The second kappa shape index (κ2) is 9.57. The van der Waals surface area contributed by atoms with Crippen molar-refractivity contribution >= 4 is 17.1 Å². The Labute approximate surface area is 201 Å². The zero-order valence-corrected chi connectivity index (χ0v) is 19.6. The minimum Gasteiger partial charge on any atom is -0.496 e. The largest absolute Gasteiger partial charge is 0.496 e. The van der Waals surface area contributed by atoms with E-state index in [0.717, 1.165) is 5.56 Å². The molecule has 10 heteroatoms. The number of methoxy groups -OCH3 is 2. The Bertz CT molecular complexity index is 1380. The van der Waals surface area contributed by atoms with Crippen molar-refractivity contribution in [3.63, 3.8) is 0 Å². The fraction of sp³-hybridized carbons (Fsp3) is 0.320. The van der Waals surface area contributed by atoms with Gasteiger partial charge in [-0.15, -0.1) is 5.10 Å². The number of H-pyrrole nitrogens is 1. The number of carbonyl (C=O) groups excluding carboxylic acids is 1. The summed E-state index contributed by atoms with van der Waals surface area (Å²) in [7, 11) is 3.18. The molecule has 0 bridgehead atoms. The lowest BCUT2D eigenvalue weighted by Crippen LogP contribution is -2.38. The first kappa shape index (κ1) is 22.6. The van der Waals surface area contributed by atoms with Crippen LogP contribution in [0.1, 0.15) is 40.5 Å². The Morgan fingerprint density at radius 3 is 2.37 bits per heavy atom. The predicted molar refractivity (Wildman–Crippen MR) is 129 cm³/mol. The third-order valence-electron chi connectivity index (χ3n) is 6.42. The van der Waals surface area contributed by atoms with Gasteiger partial charge in [-0.2, -0.15) is 0 Å². The quantitative estimate of drug-likeness (QED) is 0.457. The first-order valence-corrected chi connectivity index (χ1v) is 11.5. The van der Waals surface area contributed by atoms with Crippen molar-refractivity contribution < 1.29 is 14.3 Å². The number of ether oxygens (including phenoxy) is 2. The molecular formula is C25H26N6O4. The van der Waals surface area contributed by atoms with Crippen molar-refractivity contribution in [1.29, 1.82) is 0 Å². The first-order chi connectivity index (χ1) is 17.1. The molecule has 1 N–H and O–H groups in total. The molecule has 0 radical (unpaired) electrons. The maximum absolute atomic E-state index is 12.8. The number of nitrogens with one attached hydrogen (secondary N) is 1. The fourth-order valence-electron chi connectivity index (χ4n) is 4.54. The lowest BCUT2D eigenvalue weighted by Gasteiger charge is -2.31. The summed E-state index contributed by atoms with van der Waals surface area (Å²) in [4.78, 5) is 35.0. The average Bonchev–Trinajstić information content (AvgIpc) is 3.32. The molecule has 0 saturated carbocycles. The molecule has 35 heavy (non-hydrogen) atoms. The molecule has 1 saturated heterocycles. The van der Waals surface area contributed by atoms with E-state index in [-0.39, 0.29) is 29.4 Å². The van der Waals surface area contributed by atoms with Crippen LogP contribution >= 0.6 is 0 Å². The molecule has 4 aromatic rings. The van der Waals surface area contributed by atoms with E-state index in [2.05, 4.69) is 15.3 Å². The van der Waals surface area contributed by atoms with Gasteiger partial charge in [-0.05, 0) is 37.1 Å². The van der Waals surface area contributed by atoms with Gasteiger partial charge in [0.05, 0.1) is 26.3 Å². The number of rotatable bonds is 6. The van der Waals surface area contributed by atoms with Crippen LogP contribution in [0.5, 0.6) is 11.5 Å². The molecule has 0 aliphatic carbocycles. The van der Waals surface area contributed by atoms with Crippen LogP contribution in [0.3, 0.4) is 0 Å². The van der Waals surface area contributed by atoms with Gasteiger partial charge in [-0.1, -0.05) is 29.5 Å². The Kier molecular flexibility index (Phi) is 6.17. The van der Waals surface area contributed by atoms with Gasteiger partial charge >= 0.3 is 0 Å². The van der Waals surface area contributed by atoms with E-state index >= 15 is 0 Å². The molecule has 1 amide bonds. The summed E-state index contributed by atoms with van der Waals surface area (Å²) in [5.41, 5.74) is 1.71. The lowest BCUT2D eigenvalue weighted by atomic mass is 9.95. The van der Waals surface area contributed by atoms with Crippen LogP contribution < -0.4 is 15.0 Å². The van der Waals surface area contributed by atoms with Gasteiger partial charge in [-0.3, -0.25) is 9.59 Å². The number of aromatic amines is 1. The van der Waals surface area contributed by atoms with E-state index in [9.17, 15) is 9.59 Å². The highest BCUT2D eigenvalue weighted by atomic mass is 16.5. The molecule has 1 fully saturated rings. The Morgan fingerprint density at radius 2 is 1.71 bits per heavy atom. The number of aromatic nitrogens is 5. The molecular weight excluding hydrogens is 448 g/mol. The molecule has 10 nitrogen and oxygen atoms in total. The van der Waals surface area contributed by atoms with Gasteiger partial charge in [-0.25, -0.2) is 9.67 Å². The third kappa shape index (κ3) is 4.34. The second-order valence-corrected chi connectivity index (χ2v) is 8.44. The average molecular weight is 475 g/mol. The number of hydrogen-bond acceptors (Lipinski definition) is 7. The van der Waals surface area contributed by atoms with Gasteiger partial charge in [0.25, 0.3) is 11.5 Å². The van der Waals surface area contributed by atoms with Crippen LogP contribution in [0.25, 0.3) is 11.2 Å². The number of piperidine rings is 1. The van der Waals surface area contributed by atoms with E-state index < -0.39 is 0 Å². The minimum atomic E-state index is -0.328. The van der Waals surface area contributed by atoms with Gasteiger partial charge in [0.1, 0.15) is 17.3 Å². The summed E-state index contributed by atoms with van der Waals surface area (Å²) in [6, 6.07) is 14.8. The smallest absolute Gasteiger partial charge is 0.281 e. The molecule has 3 heterocycles. The summed E-state index contributed by atoms with van der Waals surface area (Å²) in [6.45, 7) is 1.47. The maximum Gasteiger partial charge on any atom is 0.281 e. The van der Waals surface area contributed by atoms with Crippen molar-refractivity contribution in [2.75, 3.05) is 27.3 Å². The number of amides is 1. The summed E-state index contributed by atoms with van der Waals surface area (Å²) in [6.07, 6.45) is 1.41. The zero-order valence-electron chi connectivity index (χ0n) is 19.6. The van der Waals surface area contributed by atoms with E-state index in [1.807, 2.05) is 53.4 Å². The van der Waals surface area contributed by atoms with E-state index in [1.165, 1.54) is 0 Å². The Balaban J connectivity index is 1.39. The number of nitrogens with zero attached hydrogens (tertiary/aromatic N) is 5. The molecule has 1 aliphatic heterocycles. The van der Waals surface area contributed by atoms with Crippen molar-refractivity contribution in [3.8, 4) is 11.5 Å². The van der Waals surface area contributed by atoms with Crippen LogP contribution in [0.4, 0.5) is 0 Å². The molecule has 2 aromatic carbocycles. The predicted octanol–water partition coefficient (Wildman–Crippen LogP) is 2.60. The van der Waals surface area contributed by atoms with Crippen LogP contribution in [0.15, 0.2) is 53.3 Å². The molecule has 2 aromatic heterocycles. The summed E-state index contributed by atoms with van der Waals surface area (Å²) in [5.74, 6) is 1.93. The number of hydrogen-bond donors (Lipinski definition) is 1. The number of benzene rings is 2. The van der Waals surface area contributed by atoms with Crippen LogP contribution in [-0.4, -0.2) is 63.1 Å². The van der Waals surface area contributed by atoms with Gasteiger partial charge in [0, 0.05) is 24.6 Å². The van der Waals surface area contributed by atoms with Crippen LogP contribution in [0.2, 0.25) is 0 Å². The molecule has 1 aliphatic rings. The zero-order chi connectivity index (χ0) is 24.4. The van der Waals surface area contributed by atoms with E-state index in [1.54, 1.807) is 18.9 Å². The number of carbonyl (C=O) groups is 1. The standard InChI is InChI=1S/C25H26N6O4/c1-34-19-9-6-10-20(35-2)18(19)15-31-23-21(28-29-31)24(32)27-22(26-23)16-11-13-30(14-12-16)25(33)17-7-4-3-5-8-17/h3-10,16H,11-15H2,1-2H3,(H,26,27,32). The van der Waals surface area contributed by atoms with E-state index in [4.69, 9.17) is 14.5 Å². The second-order valence-electron chi connectivity index (χ2n) is 8.44. The summed E-state index contributed by atoms with van der Waals surface area (Å²) >= 11 is 0. The number of likely N-dealkylation sites (tertiary alicyclic amines) is 1. The normalized spacial score (nSPS) is 14.3. The van der Waals surface area contributed by atoms with Crippen molar-refractivity contribution in [3.05, 3.63) is 75.8 Å². The maximum atomic E-state index is 12.8. The fourth-order valence-corrected chi connectivity index (χ4v) is 4.54. The number of fused-ring (bicyclic) bond motifs is 1. The molecule has 180 valence electrons. The Hall–Kier alpha value is -4.21. The van der Waals surface area contributed by atoms with Gasteiger partial charge in [0.15, 0.2) is 11.2 Å². The topological polar surface area (TPSA) is 115 Å². The minimum absolute atomic E-state index is 0.0222. The molecule has 0 unspecified atom stereocenters. The summed E-state index contributed by atoms with van der Waals surface area (Å²) < 4.78 is 12.6. The van der Waals surface area contributed by atoms with Crippen LogP contribution in [0, 0.1) is 0 Å². The molecule has 0 spiro atoms. The summed E-state index contributed by atoms with van der Waals surface area (Å²) in [5, 5.41) is 8.23. The highest BCUT2D eigenvalue weighted by Gasteiger charge is 2.27. The first-order valence-electron chi connectivity index (χ1n) is 11.5. The van der Waals surface area contributed by atoms with Crippen molar-refractivity contribution in [1.82, 2.24) is 29.9 Å². The molecule has 0 atom stereocenters. The van der Waals surface area contributed by atoms with Crippen LogP contribution in [-0.2, 0) is 6.54 Å². The van der Waals surface area contributed by atoms with Gasteiger partial charge < -0.3 is 19.4 Å². The Morgan fingerprint density at radius 1 is 1.03 bits per heavy atom. The SMILES string of the molecule is COc1cccc(OC)c1Cn1nnc2c(=O)[nH]c(C3CCN(C(=O)c4ccccc4)CC3)nc21. The lowest BCUT2D eigenvalue weighted by molar-refractivity contribution is 0.0711. The monoisotopic (exact) mass is 474 g/mol. The van der Waals surface area contributed by atoms with Crippen molar-refractivity contribution in [2.45, 2.75) is 25.3 Å². The highest BCUT2D eigenvalue weighted by Crippen LogP contribution is 2.30.